The molecule has 0 aliphatic carbocycles. The SMILES string of the molecule is c1ccc2c(c1)oc1cccc(-c3ccc4nccnc4n3)c12. The summed E-state index contributed by atoms with van der Waals surface area (Å²) in [5.74, 6) is 0. The first-order valence-corrected chi connectivity index (χ1v) is 7.38. The smallest absolute Gasteiger partial charge is 0.178 e. The fraction of sp³-hybridized carbons (Fsp3) is 0. The number of fused-ring (bicyclic) bond motifs is 4. The average molecular weight is 297 g/mol. The van der Waals surface area contributed by atoms with Crippen molar-refractivity contribution in [3.05, 3.63) is 67.0 Å². The van der Waals surface area contributed by atoms with E-state index in [1.165, 1.54) is 0 Å². The molecule has 0 radical (unpaired) electrons. The van der Waals surface area contributed by atoms with Gasteiger partial charge in [0.15, 0.2) is 5.65 Å². The van der Waals surface area contributed by atoms with E-state index in [1.807, 2.05) is 42.5 Å². The molecule has 4 heteroatoms. The second-order valence-corrected chi connectivity index (χ2v) is 5.37. The lowest BCUT2D eigenvalue weighted by molar-refractivity contribution is 0.669. The zero-order chi connectivity index (χ0) is 15.2. The van der Waals surface area contributed by atoms with Gasteiger partial charge < -0.3 is 4.42 Å². The van der Waals surface area contributed by atoms with Gasteiger partial charge in [0.2, 0.25) is 0 Å². The number of hydrogen-bond donors (Lipinski definition) is 0. The molecular weight excluding hydrogens is 286 g/mol. The summed E-state index contributed by atoms with van der Waals surface area (Å²) in [6.07, 6.45) is 3.33. The normalized spacial score (nSPS) is 11.5. The second kappa shape index (κ2) is 4.61. The standard InChI is InChI=1S/C19H11N3O/c1-2-6-16-13(4-1)18-12(5-3-7-17(18)23-16)14-8-9-15-19(22-14)21-11-10-20-15/h1-11H. The third kappa shape index (κ3) is 1.82. The van der Waals surface area contributed by atoms with Crippen LogP contribution in [-0.2, 0) is 0 Å². The van der Waals surface area contributed by atoms with E-state index in [-0.39, 0.29) is 0 Å². The van der Waals surface area contributed by atoms with Crippen LogP contribution in [0.4, 0.5) is 0 Å². The molecule has 5 rings (SSSR count). The summed E-state index contributed by atoms with van der Waals surface area (Å²) in [6.45, 7) is 0. The van der Waals surface area contributed by atoms with Crippen molar-refractivity contribution in [2.75, 3.05) is 0 Å². The van der Waals surface area contributed by atoms with Gasteiger partial charge in [-0.15, -0.1) is 0 Å². The number of nitrogens with zero attached hydrogens (tertiary/aromatic N) is 3. The van der Waals surface area contributed by atoms with E-state index in [9.17, 15) is 0 Å². The molecule has 0 unspecified atom stereocenters. The van der Waals surface area contributed by atoms with Gasteiger partial charge >= 0.3 is 0 Å². The number of furan rings is 1. The largest absolute Gasteiger partial charge is 0.456 e. The Morgan fingerprint density at radius 1 is 0.739 bits per heavy atom. The molecular formula is C19H11N3O. The highest BCUT2D eigenvalue weighted by Crippen LogP contribution is 2.35. The van der Waals surface area contributed by atoms with Crippen LogP contribution in [0.3, 0.4) is 0 Å². The van der Waals surface area contributed by atoms with E-state index in [2.05, 4.69) is 27.1 Å². The third-order valence-corrected chi connectivity index (χ3v) is 4.01. The van der Waals surface area contributed by atoms with Crippen LogP contribution >= 0.6 is 0 Å². The minimum atomic E-state index is 0.648. The van der Waals surface area contributed by atoms with Crippen LogP contribution in [0.25, 0.3) is 44.4 Å². The minimum absolute atomic E-state index is 0.648. The first-order chi connectivity index (χ1) is 11.4. The molecule has 0 aliphatic rings. The molecule has 0 bridgehead atoms. The predicted octanol–water partition coefficient (Wildman–Crippen LogP) is 4.59. The van der Waals surface area contributed by atoms with Gasteiger partial charge in [0.25, 0.3) is 0 Å². The molecule has 0 amide bonds. The van der Waals surface area contributed by atoms with Crippen molar-refractivity contribution in [2.24, 2.45) is 0 Å². The zero-order valence-corrected chi connectivity index (χ0v) is 12.1. The number of benzene rings is 2. The van der Waals surface area contributed by atoms with Crippen LogP contribution < -0.4 is 0 Å². The Morgan fingerprint density at radius 3 is 2.61 bits per heavy atom. The van der Waals surface area contributed by atoms with E-state index in [0.717, 1.165) is 38.7 Å². The zero-order valence-electron chi connectivity index (χ0n) is 12.1. The van der Waals surface area contributed by atoms with Gasteiger partial charge in [-0.25, -0.2) is 9.97 Å². The van der Waals surface area contributed by atoms with Gasteiger partial charge in [0, 0.05) is 28.7 Å². The number of para-hydroxylation sites is 1. The molecule has 0 fully saturated rings. The number of aromatic nitrogens is 3. The van der Waals surface area contributed by atoms with Gasteiger partial charge in [0.05, 0.1) is 5.69 Å². The molecule has 0 saturated carbocycles. The summed E-state index contributed by atoms with van der Waals surface area (Å²) in [5, 5.41) is 2.18. The Labute approximate surface area is 131 Å². The molecule has 2 aromatic carbocycles. The molecule has 4 nitrogen and oxygen atoms in total. The fourth-order valence-corrected chi connectivity index (χ4v) is 2.99. The Bertz CT molecular complexity index is 1180. The average Bonchev–Trinajstić information content (AvgIpc) is 3.00. The summed E-state index contributed by atoms with van der Waals surface area (Å²) >= 11 is 0. The lowest BCUT2D eigenvalue weighted by atomic mass is 10.0. The summed E-state index contributed by atoms with van der Waals surface area (Å²) in [6, 6.07) is 18.0. The Kier molecular flexibility index (Phi) is 2.46. The maximum atomic E-state index is 5.95. The maximum absolute atomic E-state index is 5.95. The van der Waals surface area contributed by atoms with Gasteiger partial charge in [-0.1, -0.05) is 30.3 Å². The van der Waals surface area contributed by atoms with E-state index >= 15 is 0 Å². The van der Waals surface area contributed by atoms with Crippen LogP contribution in [0.1, 0.15) is 0 Å². The Hall–Kier alpha value is -3.27. The molecule has 23 heavy (non-hydrogen) atoms. The first kappa shape index (κ1) is 12.3. The summed E-state index contributed by atoms with van der Waals surface area (Å²) in [4.78, 5) is 13.2. The highest BCUT2D eigenvalue weighted by Gasteiger charge is 2.13. The molecule has 0 spiro atoms. The van der Waals surface area contributed by atoms with Crippen molar-refractivity contribution in [3.63, 3.8) is 0 Å². The number of hydrogen-bond acceptors (Lipinski definition) is 4. The van der Waals surface area contributed by atoms with E-state index < -0.39 is 0 Å². The molecule has 3 heterocycles. The lowest BCUT2D eigenvalue weighted by Gasteiger charge is -2.04. The third-order valence-electron chi connectivity index (χ3n) is 4.01. The summed E-state index contributed by atoms with van der Waals surface area (Å²) in [7, 11) is 0. The highest BCUT2D eigenvalue weighted by atomic mass is 16.3. The van der Waals surface area contributed by atoms with Crippen molar-refractivity contribution in [3.8, 4) is 11.3 Å². The van der Waals surface area contributed by atoms with E-state index in [1.54, 1.807) is 12.4 Å². The van der Waals surface area contributed by atoms with Gasteiger partial charge in [0.1, 0.15) is 16.7 Å². The van der Waals surface area contributed by atoms with Gasteiger partial charge in [-0.05, 0) is 24.3 Å². The van der Waals surface area contributed by atoms with Crippen LogP contribution in [0.15, 0.2) is 71.4 Å². The first-order valence-electron chi connectivity index (χ1n) is 7.38. The topological polar surface area (TPSA) is 51.8 Å². The monoisotopic (exact) mass is 297 g/mol. The van der Waals surface area contributed by atoms with E-state index in [4.69, 9.17) is 4.42 Å². The molecule has 0 saturated heterocycles. The molecule has 5 aromatic rings. The van der Waals surface area contributed by atoms with Gasteiger partial charge in [-0.2, -0.15) is 0 Å². The Morgan fingerprint density at radius 2 is 1.61 bits per heavy atom. The molecule has 0 atom stereocenters. The Balaban J connectivity index is 1.87. The minimum Gasteiger partial charge on any atom is -0.456 e. The summed E-state index contributed by atoms with van der Waals surface area (Å²) in [5.41, 5.74) is 5.10. The highest BCUT2D eigenvalue weighted by molar-refractivity contribution is 6.12. The molecule has 3 aromatic heterocycles. The molecule has 0 aliphatic heterocycles. The number of pyridine rings is 1. The van der Waals surface area contributed by atoms with Crippen LogP contribution in [-0.4, -0.2) is 15.0 Å². The van der Waals surface area contributed by atoms with Gasteiger partial charge in [-0.3, -0.25) is 4.98 Å². The molecule has 0 N–H and O–H groups in total. The number of rotatable bonds is 1. The maximum Gasteiger partial charge on any atom is 0.178 e. The second-order valence-electron chi connectivity index (χ2n) is 5.37. The van der Waals surface area contributed by atoms with Crippen LogP contribution in [0, 0.1) is 0 Å². The van der Waals surface area contributed by atoms with Crippen LogP contribution in [0.5, 0.6) is 0 Å². The van der Waals surface area contributed by atoms with Crippen molar-refractivity contribution in [2.45, 2.75) is 0 Å². The van der Waals surface area contributed by atoms with Crippen molar-refractivity contribution >= 4 is 33.1 Å². The van der Waals surface area contributed by atoms with Crippen molar-refractivity contribution < 1.29 is 4.42 Å². The fourth-order valence-electron chi connectivity index (χ4n) is 2.99. The molecule has 108 valence electrons. The van der Waals surface area contributed by atoms with Crippen LogP contribution in [0.2, 0.25) is 0 Å². The van der Waals surface area contributed by atoms with E-state index in [0.29, 0.717) is 5.65 Å². The van der Waals surface area contributed by atoms with Crippen molar-refractivity contribution in [1.29, 1.82) is 0 Å². The van der Waals surface area contributed by atoms with Crippen molar-refractivity contribution in [1.82, 2.24) is 15.0 Å². The summed E-state index contributed by atoms with van der Waals surface area (Å²) < 4.78 is 5.95. The predicted molar refractivity (Wildman–Crippen MR) is 90.0 cm³/mol. The lowest BCUT2D eigenvalue weighted by Crippen LogP contribution is -1.90. The quantitative estimate of drug-likeness (QED) is 0.454.